The number of hydrogen-bond acceptors (Lipinski definition) is 5. The molecule has 0 spiro atoms. The van der Waals surface area contributed by atoms with Gasteiger partial charge < -0.3 is 10.1 Å². The summed E-state index contributed by atoms with van der Waals surface area (Å²) in [7, 11) is 1.87. The Morgan fingerprint density at radius 1 is 1.14 bits per heavy atom. The van der Waals surface area contributed by atoms with Gasteiger partial charge in [0.15, 0.2) is 11.6 Å². The maximum Gasteiger partial charge on any atom is 0.168 e. The van der Waals surface area contributed by atoms with Gasteiger partial charge in [-0.3, -0.25) is 0 Å². The summed E-state index contributed by atoms with van der Waals surface area (Å²) in [6.07, 6.45) is 5.36. The number of fused-ring (bicyclic) bond motifs is 1. The maximum atomic E-state index is 14.2. The van der Waals surface area contributed by atoms with E-state index in [9.17, 15) is 8.78 Å². The molecule has 1 N–H and O–H groups in total. The molecule has 0 saturated carbocycles. The van der Waals surface area contributed by atoms with E-state index in [-0.39, 0.29) is 11.8 Å². The largest absolute Gasteiger partial charge is 0.454 e. The summed E-state index contributed by atoms with van der Waals surface area (Å²) in [6, 6.07) is 9.00. The van der Waals surface area contributed by atoms with Crippen LogP contribution >= 0.6 is 11.8 Å². The molecule has 29 heavy (non-hydrogen) atoms. The van der Waals surface area contributed by atoms with E-state index in [0.717, 1.165) is 39.1 Å². The quantitative estimate of drug-likeness (QED) is 0.553. The Balaban J connectivity index is 1.82. The van der Waals surface area contributed by atoms with Crippen LogP contribution in [0.2, 0.25) is 0 Å². The van der Waals surface area contributed by atoms with Crippen molar-refractivity contribution in [2.75, 3.05) is 12.8 Å². The van der Waals surface area contributed by atoms with Crippen LogP contribution in [0.1, 0.15) is 29.8 Å². The highest BCUT2D eigenvalue weighted by Gasteiger charge is 2.27. The molecule has 0 fully saturated rings. The third-order valence-corrected chi connectivity index (χ3v) is 5.52. The lowest BCUT2D eigenvalue weighted by atomic mass is 10.0. The number of hydrogen-bond donors (Lipinski definition) is 1. The van der Waals surface area contributed by atoms with Crippen LogP contribution in [-0.4, -0.2) is 22.8 Å². The molecule has 2 aromatic carbocycles. The Labute approximate surface area is 172 Å². The second-order valence-electron chi connectivity index (χ2n) is 6.44. The summed E-state index contributed by atoms with van der Waals surface area (Å²) in [5, 5.41) is 3.24. The second kappa shape index (κ2) is 8.31. The average Bonchev–Trinajstić information content (AvgIpc) is 3.10. The summed E-state index contributed by atoms with van der Waals surface area (Å²) >= 11 is 1.70. The fourth-order valence-corrected chi connectivity index (χ4v) is 4.02. The molecule has 1 aliphatic rings. The summed E-state index contributed by atoms with van der Waals surface area (Å²) in [6.45, 7) is 2.08. The normalized spacial score (nSPS) is 15.2. The molecule has 0 radical (unpaired) electrons. The van der Waals surface area contributed by atoms with Gasteiger partial charge in [0.1, 0.15) is 17.9 Å². The molecule has 0 amide bonds. The molecule has 148 valence electrons. The molecule has 1 aliphatic carbocycles. The van der Waals surface area contributed by atoms with E-state index in [1.54, 1.807) is 18.0 Å². The SMILES string of the molecule is CCSc1ccc(Oc2ccc(F)cc2F)c(C2=CC(NC)c3cncnc32)c1. The fourth-order valence-electron chi connectivity index (χ4n) is 3.33. The van der Waals surface area contributed by atoms with Crippen LogP contribution in [0.4, 0.5) is 8.78 Å². The smallest absolute Gasteiger partial charge is 0.168 e. The van der Waals surface area contributed by atoms with E-state index >= 15 is 0 Å². The average molecular weight is 411 g/mol. The van der Waals surface area contributed by atoms with E-state index in [4.69, 9.17) is 4.74 Å². The number of thioether (sulfide) groups is 1. The molecule has 4 nitrogen and oxygen atoms in total. The van der Waals surface area contributed by atoms with Gasteiger partial charge >= 0.3 is 0 Å². The molecule has 0 aliphatic heterocycles. The zero-order chi connectivity index (χ0) is 20.4. The van der Waals surface area contributed by atoms with Gasteiger partial charge in [0.2, 0.25) is 0 Å². The fraction of sp³-hybridized carbons (Fsp3) is 0.182. The number of aromatic nitrogens is 2. The first kappa shape index (κ1) is 19.5. The predicted octanol–water partition coefficient (Wildman–Crippen LogP) is 5.36. The highest BCUT2D eigenvalue weighted by Crippen LogP contribution is 2.42. The van der Waals surface area contributed by atoms with E-state index in [1.165, 1.54) is 18.5 Å². The minimum absolute atomic E-state index is 0.0286. The van der Waals surface area contributed by atoms with Crippen molar-refractivity contribution in [3.05, 3.63) is 83.5 Å². The van der Waals surface area contributed by atoms with Crippen molar-refractivity contribution in [3.63, 3.8) is 0 Å². The molecule has 3 aromatic rings. The molecule has 1 atom stereocenters. The van der Waals surface area contributed by atoms with Gasteiger partial charge in [-0.1, -0.05) is 13.0 Å². The minimum atomic E-state index is -0.751. The molecule has 1 aromatic heterocycles. The van der Waals surface area contributed by atoms with Gasteiger partial charge in [0.05, 0.1) is 11.7 Å². The van der Waals surface area contributed by atoms with Crippen LogP contribution in [-0.2, 0) is 0 Å². The molecular weight excluding hydrogens is 392 g/mol. The van der Waals surface area contributed by atoms with Gasteiger partial charge in [-0.25, -0.2) is 18.7 Å². The first-order chi connectivity index (χ1) is 14.1. The Bertz CT molecular complexity index is 1090. The maximum absolute atomic E-state index is 14.2. The van der Waals surface area contributed by atoms with Gasteiger partial charge in [-0.2, -0.15) is 0 Å². The van der Waals surface area contributed by atoms with Crippen molar-refractivity contribution in [1.82, 2.24) is 15.3 Å². The standard InChI is InChI=1S/C22H19F2N3OS/c1-3-29-14-5-7-20(28-21-6-4-13(23)8-18(21)24)15(9-14)16-10-19(25-2)17-11-26-12-27-22(16)17/h4-12,19,25H,3H2,1-2H3. The van der Waals surface area contributed by atoms with Gasteiger partial charge in [0.25, 0.3) is 0 Å². The first-order valence-electron chi connectivity index (χ1n) is 9.20. The van der Waals surface area contributed by atoms with Gasteiger partial charge in [0, 0.05) is 33.9 Å². The Hall–Kier alpha value is -2.77. The van der Waals surface area contributed by atoms with Crippen LogP contribution in [0.3, 0.4) is 0 Å². The number of nitrogens with zero attached hydrogens (tertiary/aromatic N) is 2. The molecule has 4 rings (SSSR count). The summed E-state index contributed by atoms with van der Waals surface area (Å²) in [5.41, 5.74) is 3.46. The number of ether oxygens (including phenoxy) is 1. The van der Waals surface area contributed by atoms with Crippen molar-refractivity contribution in [1.29, 1.82) is 0 Å². The summed E-state index contributed by atoms with van der Waals surface area (Å²) < 4.78 is 33.3. The topological polar surface area (TPSA) is 47.0 Å². The molecule has 0 bridgehead atoms. The zero-order valence-electron chi connectivity index (χ0n) is 15.9. The second-order valence-corrected chi connectivity index (χ2v) is 7.78. The molecule has 7 heteroatoms. The highest BCUT2D eigenvalue weighted by atomic mass is 32.2. The molecule has 1 unspecified atom stereocenters. The molecule has 0 saturated heterocycles. The van der Waals surface area contributed by atoms with Gasteiger partial charge in [-0.05, 0) is 43.1 Å². The molecule has 1 heterocycles. The summed E-state index contributed by atoms with van der Waals surface area (Å²) in [4.78, 5) is 9.67. The van der Waals surface area contributed by atoms with Crippen molar-refractivity contribution in [2.24, 2.45) is 0 Å². The van der Waals surface area contributed by atoms with Crippen LogP contribution in [0, 0.1) is 11.6 Å². The third kappa shape index (κ3) is 3.88. The lowest BCUT2D eigenvalue weighted by Crippen LogP contribution is -2.12. The van der Waals surface area contributed by atoms with E-state index in [1.807, 2.05) is 25.2 Å². The minimum Gasteiger partial charge on any atom is -0.454 e. The van der Waals surface area contributed by atoms with Crippen molar-refractivity contribution < 1.29 is 13.5 Å². The number of rotatable bonds is 6. The van der Waals surface area contributed by atoms with Crippen LogP contribution in [0.5, 0.6) is 11.5 Å². The lowest BCUT2D eigenvalue weighted by Gasteiger charge is -2.14. The predicted molar refractivity (Wildman–Crippen MR) is 110 cm³/mol. The van der Waals surface area contributed by atoms with Crippen molar-refractivity contribution in [3.8, 4) is 11.5 Å². The number of likely N-dealkylation sites (N-methyl/N-ethyl adjacent to an activating group) is 1. The van der Waals surface area contributed by atoms with Crippen LogP contribution < -0.4 is 10.1 Å². The Morgan fingerprint density at radius 2 is 1.97 bits per heavy atom. The number of benzene rings is 2. The van der Waals surface area contributed by atoms with E-state index in [0.29, 0.717) is 5.75 Å². The Kier molecular flexibility index (Phi) is 5.60. The van der Waals surface area contributed by atoms with Crippen LogP contribution in [0.25, 0.3) is 5.57 Å². The highest BCUT2D eigenvalue weighted by molar-refractivity contribution is 7.99. The number of nitrogens with one attached hydrogen (secondary N) is 1. The lowest BCUT2D eigenvalue weighted by molar-refractivity contribution is 0.436. The van der Waals surface area contributed by atoms with E-state index < -0.39 is 11.6 Å². The third-order valence-electron chi connectivity index (χ3n) is 4.64. The first-order valence-corrected chi connectivity index (χ1v) is 10.2. The van der Waals surface area contributed by atoms with Crippen molar-refractivity contribution in [2.45, 2.75) is 17.9 Å². The monoisotopic (exact) mass is 411 g/mol. The zero-order valence-corrected chi connectivity index (χ0v) is 16.8. The Morgan fingerprint density at radius 3 is 2.72 bits per heavy atom. The van der Waals surface area contributed by atoms with Crippen LogP contribution in [0.15, 0.2) is 59.9 Å². The summed E-state index contributed by atoms with van der Waals surface area (Å²) in [5.74, 6) is -0.0351. The molecular formula is C22H19F2N3OS. The van der Waals surface area contributed by atoms with E-state index in [2.05, 4.69) is 28.3 Å². The van der Waals surface area contributed by atoms with Crippen molar-refractivity contribution >= 4 is 17.3 Å². The number of halogens is 2. The van der Waals surface area contributed by atoms with Gasteiger partial charge in [-0.15, -0.1) is 11.8 Å².